The molecule has 1 fully saturated rings. The highest BCUT2D eigenvalue weighted by molar-refractivity contribution is 5.69. The van der Waals surface area contributed by atoms with E-state index in [0.717, 1.165) is 11.5 Å². The third kappa shape index (κ3) is 4.12. The fourth-order valence-corrected chi connectivity index (χ4v) is 2.91. The predicted octanol–water partition coefficient (Wildman–Crippen LogP) is 2.42. The molecule has 2 aromatic heterocycles. The number of carbonyl (C=O) groups is 1. The van der Waals surface area contributed by atoms with E-state index >= 15 is 0 Å². The topological polar surface area (TPSA) is 76.4 Å². The molecule has 8 nitrogen and oxygen atoms in total. The summed E-state index contributed by atoms with van der Waals surface area (Å²) in [5.41, 5.74) is 0.447. The van der Waals surface area contributed by atoms with Gasteiger partial charge in [-0.3, -0.25) is 0 Å². The SMILES string of the molecule is Cc1ccn(-c2ccc(N3CCN(C(=O)OC(C)(C)C)[C@H](C)C3)nn2)n1. The summed E-state index contributed by atoms with van der Waals surface area (Å²) in [6, 6.07) is 5.80. The van der Waals surface area contributed by atoms with Crippen LogP contribution < -0.4 is 4.90 Å². The number of aryl methyl sites for hydroxylation is 1. The first-order chi connectivity index (χ1) is 12.2. The predicted molar refractivity (Wildman–Crippen MR) is 98.5 cm³/mol. The van der Waals surface area contributed by atoms with Crippen LogP contribution >= 0.6 is 0 Å². The van der Waals surface area contributed by atoms with Gasteiger partial charge in [0.15, 0.2) is 11.6 Å². The lowest BCUT2D eigenvalue weighted by molar-refractivity contribution is 0.0158. The molecule has 26 heavy (non-hydrogen) atoms. The molecule has 0 saturated carbocycles. The second-order valence-corrected chi connectivity index (χ2v) is 7.62. The van der Waals surface area contributed by atoms with Gasteiger partial charge in [0.1, 0.15) is 5.60 Å². The molecule has 0 unspecified atom stereocenters. The number of nitrogens with zero attached hydrogens (tertiary/aromatic N) is 6. The van der Waals surface area contributed by atoms with Gasteiger partial charge >= 0.3 is 6.09 Å². The largest absolute Gasteiger partial charge is 0.444 e. The summed E-state index contributed by atoms with van der Waals surface area (Å²) in [5.74, 6) is 1.48. The first-order valence-corrected chi connectivity index (χ1v) is 8.84. The first-order valence-electron chi connectivity index (χ1n) is 8.84. The van der Waals surface area contributed by atoms with Crippen molar-refractivity contribution >= 4 is 11.9 Å². The molecule has 1 aliphatic rings. The lowest BCUT2D eigenvalue weighted by Gasteiger charge is -2.40. The average Bonchev–Trinajstić information content (AvgIpc) is 2.99. The Morgan fingerprint density at radius 2 is 1.85 bits per heavy atom. The van der Waals surface area contributed by atoms with Crippen LogP contribution in [0.2, 0.25) is 0 Å². The molecular formula is C18H26N6O2. The molecule has 3 heterocycles. The fraction of sp³-hybridized carbons (Fsp3) is 0.556. The Labute approximate surface area is 153 Å². The van der Waals surface area contributed by atoms with Gasteiger partial charge in [0.2, 0.25) is 0 Å². The van der Waals surface area contributed by atoms with E-state index in [9.17, 15) is 4.79 Å². The van der Waals surface area contributed by atoms with Gasteiger partial charge in [-0.25, -0.2) is 9.48 Å². The van der Waals surface area contributed by atoms with E-state index in [1.54, 1.807) is 9.58 Å². The smallest absolute Gasteiger partial charge is 0.410 e. The lowest BCUT2D eigenvalue weighted by atomic mass is 10.2. The molecule has 1 atom stereocenters. The molecule has 0 radical (unpaired) electrons. The highest BCUT2D eigenvalue weighted by atomic mass is 16.6. The summed E-state index contributed by atoms with van der Waals surface area (Å²) in [5, 5.41) is 12.9. The Morgan fingerprint density at radius 1 is 1.15 bits per heavy atom. The second kappa shape index (κ2) is 6.93. The average molecular weight is 358 g/mol. The van der Waals surface area contributed by atoms with Crippen molar-refractivity contribution in [1.29, 1.82) is 0 Å². The highest BCUT2D eigenvalue weighted by Gasteiger charge is 2.31. The van der Waals surface area contributed by atoms with Crippen LogP contribution in [0.4, 0.5) is 10.6 Å². The van der Waals surface area contributed by atoms with E-state index in [1.807, 2.05) is 59.0 Å². The number of carbonyl (C=O) groups excluding carboxylic acids is 1. The third-order valence-corrected chi connectivity index (χ3v) is 4.17. The van der Waals surface area contributed by atoms with E-state index in [-0.39, 0.29) is 12.1 Å². The van der Waals surface area contributed by atoms with Gasteiger partial charge in [-0.15, -0.1) is 10.2 Å². The Hall–Kier alpha value is -2.64. The van der Waals surface area contributed by atoms with Crippen molar-refractivity contribution in [3.8, 4) is 5.82 Å². The van der Waals surface area contributed by atoms with E-state index in [2.05, 4.69) is 20.2 Å². The quantitative estimate of drug-likeness (QED) is 0.821. The van der Waals surface area contributed by atoms with Gasteiger partial charge in [-0.2, -0.15) is 5.10 Å². The number of hydrogen-bond acceptors (Lipinski definition) is 6. The maximum absolute atomic E-state index is 12.3. The molecule has 0 aromatic carbocycles. The normalized spacial score (nSPS) is 18.1. The number of rotatable bonds is 2. The number of piperazine rings is 1. The maximum atomic E-state index is 12.3. The molecule has 0 aliphatic carbocycles. The zero-order valence-corrected chi connectivity index (χ0v) is 16.0. The van der Waals surface area contributed by atoms with Crippen LogP contribution in [-0.2, 0) is 4.74 Å². The van der Waals surface area contributed by atoms with Crippen molar-refractivity contribution in [2.24, 2.45) is 0 Å². The zero-order chi connectivity index (χ0) is 18.9. The molecule has 0 bridgehead atoms. The molecule has 2 aromatic rings. The molecular weight excluding hydrogens is 332 g/mol. The van der Waals surface area contributed by atoms with Crippen LogP contribution in [-0.4, -0.2) is 62.2 Å². The minimum atomic E-state index is -0.486. The van der Waals surface area contributed by atoms with Crippen LogP contribution in [0.15, 0.2) is 24.4 Å². The fourth-order valence-electron chi connectivity index (χ4n) is 2.91. The standard InChI is InChI=1S/C18H26N6O2/c1-13-8-9-24(21-13)16-7-6-15(19-20-16)22-10-11-23(14(2)12-22)17(25)26-18(3,4)5/h6-9,14H,10-12H2,1-5H3/t14-/m1/s1. The van der Waals surface area contributed by atoms with Crippen LogP contribution in [0.25, 0.3) is 5.82 Å². The van der Waals surface area contributed by atoms with Crippen molar-refractivity contribution in [3.63, 3.8) is 0 Å². The first kappa shape index (κ1) is 18.2. The van der Waals surface area contributed by atoms with E-state index < -0.39 is 5.60 Å². The minimum Gasteiger partial charge on any atom is -0.444 e. The van der Waals surface area contributed by atoms with Crippen LogP contribution in [0.1, 0.15) is 33.4 Å². The number of ether oxygens (including phenoxy) is 1. The molecule has 8 heteroatoms. The van der Waals surface area contributed by atoms with Gasteiger partial charge in [0.05, 0.1) is 5.69 Å². The molecule has 140 valence electrons. The summed E-state index contributed by atoms with van der Waals surface area (Å²) in [4.78, 5) is 16.2. The van der Waals surface area contributed by atoms with Gasteiger partial charge in [-0.1, -0.05) is 0 Å². The molecule has 3 rings (SSSR count). The summed E-state index contributed by atoms with van der Waals surface area (Å²) in [6.45, 7) is 11.6. The lowest BCUT2D eigenvalue weighted by Crippen LogP contribution is -2.55. The number of hydrogen-bond donors (Lipinski definition) is 0. The zero-order valence-electron chi connectivity index (χ0n) is 16.0. The van der Waals surface area contributed by atoms with E-state index in [4.69, 9.17) is 4.74 Å². The second-order valence-electron chi connectivity index (χ2n) is 7.62. The molecule has 1 aliphatic heterocycles. The van der Waals surface area contributed by atoms with Gasteiger partial charge in [-0.05, 0) is 52.8 Å². The summed E-state index contributed by atoms with van der Waals surface area (Å²) < 4.78 is 7.19. The summed E-state index contributed by atoms with van der Waals surface area (Å²) >= 11 is 0. The van der Waals surface area contributed by atoms with Crippen LogP contribution in [0.5, 0.6) is 0 Å². The molecule has 0 N–H and O–H groups in total. The Kier molecular flexibility index (Phi) is 4.84. The number of amides is 1. The van der Waals surface area contributed by atoms with Crippen molar-refractivity contribution < 1.29 is 9.53 Å². The Bertz CT molecular complexity index is 765. The monoisotopic (exact) mass is 358 g/mol. The minimum absolute atomic E-state index is 0.0360. The third-order valence-electron chi connectivity index (χ3n) is 4.17. The van der Waals surface area contributed by atoms with Crippen LogP contribution in [0.3, 0.4) is 0 Å². The maximum Gasteiger partial charge on any atom is 0.410 e. The number of aromatic nitrogens is 4. The molecule has 1 amide bonds. The van der Waals surface area contributed by atoms with Crippen molar-refractivity contribution in [1.82, 2.24) is 24.9 Å². The highest BCUT2D eigenvalue weighted by Crippen LogP contribution is 2.19. The molecule has 0 spiro atoms. The van der Waals surface area contributed by atoms with E-state index in [1.165, 1.54) is 0 Å². The van der Waals surface area contributed by atoms with Gasteiger partial charge in [0, 0.05) is 31.9 Å². The molecule has 1 saturated heterocycles. The van der Waals surface area contributed by atoms with Gasteiger partial charge in [0.25, 0.3) is 0 Å². The Morgan fingerprint density at radius 3 is 2.38 bits per heavy atom. The van der Waals surface area contributed by atoms with Crippen molar-refractivity contribution in [2.75, 3.05) is 24.5 Å². The van der Waals surface area contributed by atoms with Crippen molar-refractivity contribution in [2.45, 2.75) is 46.3 Å². The van der Waals surface area contributed by atoms with E-state index in [0.29, 0.717) is 25.5 Å². The van der Waals surface area contributed by atoms with Crippen molar-refractivity contribution in [3.05, 3.63) is 30.1 Å². The van der Waals surface area contributed by atoms with Crippen LogP contribution in [0, 0.1) is 6.92 Å². The van der Waals surface area contributed by atoms with Gasteiger partial charge < -0.3 is 14.5 Å². The Balaban J connectivity index is 1.64. The summed E-state index contributed by atoms with van der Waals surface area (Å²) in [7, 11) is 0. The summed E-state index contributed by atoms with van der Waals surface area (Å²) in [6.07, 6.45) is 1.60. The number of anilines is 1.